The third-order valence-electron chi connectivity index (χ3n) is 4.43. The number of nitrogens with one attached hydrogen (secondary N) is 1. The SMILES string of the molecule is C[C@H]1CCC[C@H](C)[NH+]1C[C@H](O)COCc1ccccc1. The summed E-state index contributed by atoms with van der Waals surface area (Å²) in [7, 11) is 0. The molecule has 0 bridgehead atoms. The van der Waals surface area contributed by atoms with Gasteiger partial charge in [0.05, 0.1) is 25.3 Å². The first-order valence-electron chi connectivity index (χ1n) is 7.82. The molecule has 2 rings (SSSR count). The fourth-order valence-corrected chi connectivity index (χ4v) is 3.21. The lowest BCUT2D eigenvalue weighted by atomic mass is 9.97. The van der Waals surface area contributed by atoms with Crippen molar-refractivity contribution in [2.45, 2.75) is 57.9 Å². The predicted molar refractivity (Wildman–Crippen MR) is 80.7 cm³/mol. The van der Waals surface area contributed by atoms with E-state index in [9.17, 15) is 5.11 Å². The van der Waals surface area contributed by atoms with E-state index in [-0.39, 0.29) is 6.10 Å². The topological polar surface area (TPSA) is 33.9 Å². The molecule has 0 aromatic heterocycles. The summed E-state index contributed by atoms with van der Waals surface area (Å²) in [6, 6.07) is 11.4. The van der Waals surface area contributed by atoms with Crippen LogP contribution in [-0.4, -0.2) is 36.4 Å². The molecule has 2 N–H and O–H groups in total. The molecule has 3 atom stereocenters. The standard InChI is InChI=1S/C17H27NO2/c1-14-7-6-8-15(2)18(14)11-17(19)13-20-12-16-9-4-3-5-10-16/h3-5,9-10,14-15,17,19H,6-8,11-13H2,1-2H3/p+1/t14-,15-,17-/m0/s1. The molecule has 0 saturated carbocycles. The highest BCUT2D eigenvalue weighted by Gasteiger charge is 2.30. The third-order valence-corrected chi connectivity index (χ3v) is 4.43. The Labute approximate surface area is 122 Å². The van der Waals surface area contributed by atoms with Gasteiger partial charge in [-0.2, -0.15) is 0 Å². The van der Waals surface area contributed by atoms with Crippen molar-refractivity contribution in [2.24, 2.45) is 0 Å². The van der Waals surface area contributed by atoms with Gasteiger partial charge >= 0.3 is 0 Å². The van der Waals surface area contributed by atoms with Crippen LogP contribution in [0.5, 0.6) is 0 Å². The van der Waals surface area contributed by atoms with E-state index in [1.807, 2.05) is 30.3 Å². The van der Waals surface area contributed by atoms with E-state index >= 15 is 0 Å². The lowest BCUT2D eigenvalue weighted by molar-refractivity contribution is -0.954. The summed E-state index contributed by atoms with van der Waals surface area (Å²) in [5, 5.41) is 10.2. The normalized spacial score (nSPS) is 25.6. The predicted octanol–water partition coefficient (Wildman–Crippen LogP) is 1.41. The molecule has 20 heavy (non-hydrogen) atoms. The number of aliphatic hydroxyl groups excluding tert-OH is 1. The van der Waals surface area contributed by atoms with E-state index in [1.165, 1.54) is 24.2 Å². The van der Waals surface area contributed by atoms with Gasteiger partial charge in [0, 0.05) is 0 Å². The summed E-state index contributed by atoms with van der Waals surface area (Å²) >= 11 is 0. The van der Waals surface area contributed by atoms with Crippen LogP contribution in [-0.2, 0) is 11.3 Å². The molecule has 1 saturated heterocycles. The van der Waals surface area contributed by atoms with Gasteiger partial charge in [-0.3, -0.25) is 0 Å². The minimum Gasteiger partial charge on any atom is -0.385 e. The van der Waals surface area contributed by atoms with E-state index in [0.29, 0.717) is 25.3 Å². The van der Waals surface area contributed by atoms with E-state index in [4.69, 9.17) is 4.74 Å². The molecule has 1 fully saturated rings. The summed E-state index contributed by atoms with van der Waals surface area (Å²) in [5.74, 6) is 0. The summed E-state index contributed by atoms with van der Waals surface area (Å²) in [4.78, 5) is 1.53. The lowest BCUT2D eigenvalue weighted by Gasteiger charge is -2.36. The number of piperidine rings is 1. The summed E-state index contributed by atoms with van der Waals surface area (Å²) in [5.41, 5.74) is 1.16. The van der Waals surface area contributed by atoms with Crippen LogP contribution >= 0.6 is 0 Å². The van der Waals surface area contributed by atoms with Crippen LogP contribution in [0.1, 0.15) is 38.7 Å². The van der Waals surface area contributed by atoms with Crippen molar-refractivity contribution in [3.8, 4) is 0 Å². The molecule has 0 spiro atoms. The third kappa shape index (κ3) is 4.58. The maximum atomic E-state index is 10.2. The molecule has 1 aliphatic heterocycles. The Bertz CT molecular complexity index is 372. The van der Waals surface area contributed by atoms with Crippen LogP contribution in [0, 0.1) is 0 Å². The first-order valence-corrected chi connectivity index (χ1v) is 7.82. The molecule has 3 heteroatoms. The molecule has 0 aliphatic carbocycles. The van der Waals surface area contributed by atoms with E-state index in [2.05, 4.69) is 13.8 Å². The fourth-order valence-electron chi connectivity index (χ4n) is 3.21. The van der Waals surface area contributed by atoms with Gasteiger partial charge in [-0.15, -0.1) is 0 Å². The van der Waals surface area contributed by atoms with Crippen molar-refractivity contribution in [3.63, 3.8) is 0 Å². The first kappa shape index (κ1) is 15.5. The monoisotopic (exact) mass is 278 g/mol. The average Bonchev–Trinajstić information content (AvgIpc) is 2.44. The summed E-state index contributed by atoms with van der Waals surface area (Å²) < 4.78 is 5.63. The van der Waals surface area contributed by atoms with Crippen molar-refractivity contribution in [2.75, 3.05) is 13.2 Å². The van der Waals surface area contributed by atoms with Crippen molar-refractivity contribution in [1.82, 2.24) is 0 Å². The average molecular weight is 278 g/mol. The molecular weight excluding hydrogens is 250 g/mol. The zero-order chi connectivity index (χ0) is 14.4. The maximum absolute atomic E-state index is 10.2. The van der Waals surface area contributed by atoms with Gasteiger partial charge in [-0.1, -0.05) is 30.3 Å². The molecule has 1 aliphatic rings. The van der Waals surface area contributed by atoms with Gasteiger partial charge in [0.15, 0.2) is 0 Å². The Balaban J connectivity index is 1.70. The highest BCUT2D eigenvalue weighted by atomic mass is 16.5. The Kier molecular flexibility index (Phi) is 6.02. The Morgan fingerprint density at radius 1 is 1.20 bits per heavy atom. The number of likely N-dealkylation sites (tertiary alicyclic amines) is 1. The molecule has 0 unspecified atom stereocenters. The number of benzene rings is 1. The van der Waals surface area contributed by atoms with Gasteiger partial charge in [0.2, 0.25) is 0 Å². The number of hydrogen-bond donors (Lipinski definition) is 2. The van der Waals surface area contributed by atoms with Crippen molar-refractivity contribution < 1.29 is 14.7 Å². The van der Waals surface area contributed by atoms with Gasteiger partial charge in [0.1, 0.15) is 12.6 Å². The van der Waals surface area contributed by atoms with Crippen molar-refractivity contribution >= 4 is 0 Å². The van der Waals surface area contributed by atoms with Gasteiger partial charge in [0.25, 0.3) is 0 Å². The summed E-state index contributed by atoms with van der Waals surface area (Å²) in [6.07, 6.45) is 3.51. The fraction of sp³-hybridized carbons (Fsp3) is 0.647. The van der Waals surface area contributed by atoms with Crippen LogP contribution in [0.3, 0.4) is 0 Å². The molecule has 1 heterocycles. The minimum absolute atomic E-state index is 0.364. The highest BCUT2D eigenvalue weighted by Crippen LogP contribution is 2.07. The second-order valence-corrected chi connectivity index (χ2v) is 6.17. The number of aliphatic hydroxyl groups is 1. The largest absolute Gasteiger partial charge is 0.385 e. The van der Waals surface area contributed by atoms with Crippen LogP contribution in [0.15, 0.2) is 30.3 Å². The van der Waals surface area contributed by atoms with Crippen LogP contribution < -0.4 is 4.90 Å². The Morgan fingerprint density at radius 3 is 2.50 bits per heavy atom. The molecule has 1 aromatic carbocycles. The maximum Gasteiger partial charge on any atom is 0.126 e. The number of hydrogen-bond acceptors (Lipinski definition) is 2. The molecule has 1 aromatic rings. The Morgan fingerprint density at radius 2 is 1.85 bits per heavy atom. The van der Waals surface area contributed by atoms with E-state index < -0.39 is 0 Å². The number of ether oxygens (including phenoxy) is 1. The lowest BCUT2D eigenvalue weighted by Crippen LogP contribution is -3.20. The van der Waals surface area contributed by atoms with Gasteiger partial charge in [-0.25, -0.2) is 0 Å². The molecule has 0 amide bonds. The zero-order valence-corrected chi connectivity index (χ0v) is 12.7. The van der Waals surface area contributed by atoms with Crippen molar-refractivity contribution in [3.05, 3.63) is 35.9 Å². The number of rotatable bonds is 6. The van der Waals surface area contributed by atoms with Gasteiger partial charge in [-0.05, 0) is 38.7 Å². The quantitative estimate of drug-likeness (QED) is 0.825. The molecule has 0 radical (unpaired) electrons. The second kappa shape index (κ2) is 7.77. The van der Waals surface area contributed by atoms with Crippen LogP contribution in [0.25, 0.3) is 0 Å². The van der Waals surface area contributed by atoms with Crippen molar-refractivity contribution in [1.29, 1.82) is 0 Å². The van der Waals surface area contributed by atoms with Crippen LogP contribution in [0.4, 0.5) is 0 Å². The minimum atomic E-state index is -0.364. The molecule has 3 nitrogen and oxygen atoms in total. The molecule has 112 valence electrons. The van der Waals surface area contributed by atoms with Crippen LogP contribution in [0.2, 0.25) is 0 Å². The first-order chi connectivity index (χ1) is 9.66. The van der Waals surface area contributed by atoms with Gasteiger partial charge < -0.3 is 14.7 Å². The van der Waals surface area contributed by atoms with E-state index in [1.54, 1.807) is 0 Å². The Hall–Kier alpha value is -0.900. The van der Waals surface area contributed by atoms with E-state index in [0.717, 1.165) is 12.1 Å². The molecular formula is C17H28NO2+. The smallest absolute Gasteiger partial charge is 0.126 e. The zero-order valence-electron chi connectivity index (χ0n) is 12.7. The number of quaternary nitrogens is 1. The highest BCUT2D eigenvalue weighted by molar-refractivity contribution is 5.13. The summed E-state index contributed by atoms with van der Waals surface area (Å²) in [6.45, 7) is 6.40. The second-order valence-electron chi connectivity index (χ2n) is 6.17.